The van der Waals surface area contributed by atoms with Crippen LogP contribution < -0.4 is 15.0 Å². The summed E-state index contributed by atoms with van der Waals surface area (Å²) in [6.07, 6.45) is 1.66. The standard InChI is InChI=1S/C13H16N4O/c1-14-13-15-8-7-12(16-13)18-11-6-4-5-10(9-11)17(2)3/h4-9H,1-3H3,(H,14,15,16). The van der Waals surface area contributed by atoms with Crippen molar-refractivity contribution >= 4 is 11.6 Å². The van der Waals surface area contributed by atoms with Crippen LogP contribution in [0.1, 0.15) is 0 Å². The average Bonchev–Trinajstić information content (AvgIpc) is 2.39. The fraction of sp³-hybridized carbons (Fsp3) is 0.231. The third kappa shape index (κ3) is 2.88. The summed E-state index contributed by atoms with van der Waals surface area (Å²) in [7, 11) is 5.75. The number of benzene rings is 1. The van der Waals surface area contributed by atoms with Gasteiger partial charge in [0.05, 0.1) is 0 Å². The fourth-order valence-corrected chi connectivity index (χ4v) is 1.47. The molecule has 0 saturated heterocycles. The van der Waals surface area contributed by atoms with E-state index in [4.69, 9.17) is 4.74 Å². The molecular weight excluding hydrogens is 228 g/mol. The first-order valence-electron chi connectivity index (χ1n) is 5.65. The zero-order valence-corrected chi connectivity index (χ0v) is 10.7. The van der Waals surface area contributed by atoms with Crippen LogP contribution in [-0.4, -0.2) is 31.1 Å². The number of ether oxygens (including phenoxy) is 1. The molecule has 0 unspecified atom stereocenters. The van der Waals surface area contributed by atoms with Gasteiger partial charge < -0.3 is 15.0 Å². The summed E-state index contributed by atoms with van der Waals surface area (Å²) >= 11 is 0. The van der Waals surface area contributed by atoms with Crippen LogP contribution in [0.3, 0.4) is 0 Å². The molecule has 0 atom stereocenters. The third-order valence-electron chi connectivity index (χ3n) is 2.41. The molecule has 0 amide bonds. The van der Waals surface area contributed by atoms with E-state index in [0.717, 1.165) is 11.4 Å². The molecule has 94 valence electrons. The molecule has 0 spiro atoms. The molecule has 1 aromatic carbocycles. The van der Waals surface area contributed by atoms with Gasteiger partial charge in [-0.25, -0.2) is 4.98 Å². The summed E-state index contributed by atoms with van der Waals surface area (Å²) in [5.41, 5.74) is 1.08. The third-order valence-corrected chi connectivity index (χ3v) is 2.41. The normalized spacial score (nSPS) is 9.94. The van der Waals surface area contributed by atoms with E-state index < -0.39 is 0 Å². The SMILES string of the molecule is CNc1nccc(Oc2cccc(N(C)C)c2)n1. The number of aromatic nitrogens is 2. The highest BCUT2D eigenvalue weighted by Crippen LogP contribution is 2.24. The number of hydrogen-bond acceptors (Lipinski definition) is 5. The van der Waals surface area contributed by atoms with Gasteiger partial charge in [0.25, 0.3) is 0 Å². The quantitative estimate of drug-likeness (QED) is 0.894. The number of anilines is 2. The van der Waals surface area contributed by atoms with E-state index in [1.54, 1.807) is 19.3 Å². The maximum absolute atomic E-state index is 5.69. The molecule has 0 radical (unpaired) electrons. The smallest absolute Gasteiger partial charge is 0.225 e. The molecular formula is C13H16N4O. The molecule has 0 aliphatic rings. The Labute approximate surface area is 106 Å². The maximum atomic E-state index is 5.69. The van der Waals surface area contributed by atoms with Crippen LogP contribution in [-0.2, 0) is 0 Å². The average molecular weight is 244 g/mol. The van der Waals surface area contributed by atoms with Crippen molar-refractivity contribution < 1.29 is 4.74 Å². The molecule has 5 heteroatoms. The topological polar surface area (TPSA) is 50.3 Å². The zero-order chi connectivity index (χ0) is 13.0. The Morgan fingerprint density at radius 2 is 2.06 bits per heavy atom. The Kier molecular flexibility index (Phi) is 3.62. The second kappa shape index (κ2) is 5.35. The molecule has 0 bridgehead atoms. The maximum Gasteiger partial charge on any atom is 0.225 e. The Hall–Kier alpha value is -2.30. The molecule has 0 saturated carbocycles. The number of nitrogens with one attached hydrogen (secondary N) is 1. The van der Waals surface area contributed by atoms with Crippen molar-refractivity contribution in [2.24, 2.45) is 0 Å². The van der Waals surface area contributed by atoms with E-state index >= 15 is 0 Å². The molecule has 2 rings (SSSR count). The van der Waals surface area contributed by atoms with Crippen molar-refractivity contribution in [1.29, 1.82) is 0 Å². The number of hydrogen-bond donors (Lipinski definition) is 1. The van der Waals surface area contributed by atoms with E-state index in [0.29, 0.717) is 11.8 Å². The molecule has 0 fully saturated rings. The van der Waals surface area contributed by atoms with Crippen molar-refractivity contribution in [3.63, 3.8) is 0 Å². The molecule has 5 nitrogen and oxygen atoms in total. The second-order valence-electron chi connectivity index (χ2n) is 3.96. The predicted octanol–water partition coefficient (Wildman–Crippen LogP) is 2.38. The lowest BCUT2D eigenvalue weighted by Gasteiger charge is -2.13. The van der Waals surface area contributed by atoms with Gasteiger partial charge in [-0.1, -0.05) is 6.07 Å². The molecule has 0 aliphatic carbocycles. The Bertz CT molecular complexity index is 528. The van der Waals surface area contributed by atoms with Gasteiger partial charge in [-0.15, -0.1) is 0 Å². The van der Waals surface area contributed by atoms with Gasteiger partial charge >= 0.3 is 0 Å². The van der Waals surface area contributed by atoms with Crippen molar-refractivity contribution in [2.75, 3.05) is 31.4 Å². The minimum absolute atomic E-state index is 0.519. The molecule has 0 aliphatic heterocycles. The van der Waals surface area contributed by atoms with Crippen LogP contribution in [0.15, 0.2) is 36.5 Å². The van der Waals surface area contributed by atoms with Crippen molar-refractivity contribution in [3.8, 4) is 11.6 Å². The van der Waals surface area contributed by atoms with Crippen molar-refractivity contribution in [2.45, 2.75) is 0 Å². The van der Waals surface area contributed by atoms with Gasteiger partial charge in [-0.2, -0.15) is 4.98 Å². The highest BCUT2D eigenvalue weighted by molar-refractivity contribution is 5.50. The molecule has 18 heavy (non-hydrogen) atoms. The summed E-state index contributed by atoms with van der Waals surface area (Å²) in [4.78, 5) is 10.3. The zero-order valence-electron chi connectivity index (χ0n) is 10.7. The lowest BCUT2D eigenvalue weighted by Crippen LogP contribution is -2.08. The van der Waals surface area contributed by atoms with Gasteiger partial charge in [-0.3, -0.25) is 0 Å². The monoisotopic (exact) mass is 244 g/mol. The van der Waals surface area contributed by atoms with E-state index in [9.17, 15) is 0 Å². The lowest BCUT2D eigenvalue weighted by molar-refractivity contribution is 0.462. The van der Waals surface area contributed by atoms with E-state index in [1.807, 2.05) is 43.3 Å². The van der Waals surface area contributed by atoms with Crippen LogP contribution in [0.5, 0.6) is 11.6 Å². The van der Waals surface area contributed by atoms with E-state index in [2.05, 4.69) is 15.3 Å². The second-order valence-corrected chi connectivity index (χ2v) is 3.96. The first kappa shape index (κ1) is 12.2. The van der Waals surface area contributed by atoms with Crippen LogP contribution in [0, 0.1) is 0 Å². The van der Waals surface area contributed by atoms with Crippen LogP contribution >= 0.6 is 0 Å². The summed E-state index contributed by atoms with van der Waals surface area (Å²) in [5, 5.41) is 2.87. The van der Waals surface area contributed by atoms with Crippen LogP contribution in [0.25, 0.3) is 0 Å². The molecule has 2 aromatic rings. The summed E-state index contributed by atoms with van der Waals surface area (Å²) in [5.74, 6) is 1.81. The highest BCUT2D eigenvalue weighted by atomic mass is 16.5. The number of rotatable bonds is 4. The molecule has 1 heterocycles. The summed E-state index contributed by atoms with van der Waals surface area (Å²) < 4.78 is 5.69. The van der Waals surface area contributed by atoms with Crippen LogP contribution in [0.2, 0.25) is 0 Å². The Morgan fingerprint density at radius 1 is 1.22 bits per heavy atom. The van der Waals surface area contributed by atoms with Crippen molar-refractivity contribution in [3.05, 3.63) is 36.5 Å². The van der Waals surface area contributed by atoms with Gasteiger partial charge in [0.2, 0.25) is 11.8 Å². The first-order valence-corrected chi connectivity index (χ1v) is 5.65. The highest BCUT2D eigenvalue weighted by Gasteiger charge is 2.02. The van der Waals surface area contributed by atoms with Gasteiger partial charge in [0.1, 0.15) is 5.75 Å². The summed E-state index contributed by atoms with van der Waals surface area (Å²) in [6.45, 7) is 0. The first-order chi connectivity index (χ1) is 8.69. The minimum Gasteiger partial charge on any atom is -0.439 e. The van der Waals surface area contributed by atoms with Crippen LogP contribution in [0.4, 0.5) is 11.6 Å². The van der Waals surface area contributed by atoms with Gasteiger partial charge in [0.15, 0.2) is 0 Å². The molecule has 1 N–H and O–H groups in total. The van der Waals surface area contributed by atoms with Gasteiger partial charge in [0, 0.05) is 45.2 Å². The predicted molar refractivity (Wildman–Crippen MR) is 72.4 cm³/mol. The molecule has 1 aromatic heterocycles. The van der Waals surface area contributed by atoms with Gasteiger partial charge in [-0.05, 0) is 12.1 Å². The Balaban J connectivity index is 2.20. The summed E-state index contributed by atoms with van der Waals surface area (Å²) in [6, 6.07) is 9.55. The number of nitrogens with zero attached hydrogens (tertiary/aromatic N) is 3. The minimum atomic E-state index is 0.519. The lowest BCUT2D eigenvalue weighted by atomic mass is 10.3. The van der Waals surface area contributed by atoms with E-state index in [-0.39, 0.29) is 0 Å². The Morgan fingerprint density at radius 3 is 2.78 bits per heavy atom. The van der Waals surface area contributed by atoms with E-state index in [1.165, 1.54) is 0 Å². The largest absolute Gasteiger partial charge is 0.439 e. The fourth-order valence-electron chi connectivity index (χ4n) is 1.47. The van der Waals surface area contributed by atoms with Crippen molar-refractivity contribution in [1.82, 2.24) is 9.97 Å².